The Kier molecular flexibility index (Phi) is 2.66. The maximum absolute atomic E-state index is 11.8. The van der Waals surface area contributed by atoms with Crippen LogP contribution in [0.5, 0.6) is 0 Å². The molecule has 1 heterocycles. The van der Waals surface area contributed by atoms with E-state index in [9.17, 15) is 4.79 Å². The molecule has 2 unspecified atom stereocenters. The Morgan fingerprint density at radius 1 is 1.54 bits per heavy atom. The first-order valence-corrected chi connectivity index (χ1v) is 4.69. The van der Waals surface area contributed by atoms with Crippen LogP contribution >= 0.6 is 0 Å². The highest BCUT2D eigenvalue weighted by atomic mass is 16.5. The molecule has 0 saturated carbocycles. The molecular weight excluding hydrogens is 166 g/mol. The maximum atomic E-state index is 11.8. The van der Waals surface area contributed by atoms with Gasteiger partial charge in [-0.25, -0.2) is 0 Å². The van der Waals surface area contributed by atoms with E-state index in [1.807, 2.05) is 25.8 Å². The van der Waals surface area contributed by atoms with Gasteiger partial charge in [0, 0.05) is 19.6 Å². The number of likely N-dealkylation sites (tertiary alicyclic amines) is 1. The van der Waals surface area contributed by atoms with Gasteiger partial charge in [-0.2, -0.15) is 0 Å². The van der Waals surface area contributed by atoms with Gasteiger partial charge in [-0.05, 0) is 5.92 Å². The van der Waals surface area contributed by atoms with Gasteiger partial charge in [0.05, 0.1) is 12.6 Å². The third-order valence-corrected chi connectivity index (χ3v) is 3.42. The van der Waals surface area contributed by atoms with Crippen LogP contribution in [0.2, 0.25) is 0 Å². The van der Waals surface area contributed by atoms with Crippen molar-refractivity contribution in [2.24, 2.45) is 11.3 Å². The summed E-state index contributed by atoms with van der Waals surface area (Å²) in [5.74, 6) is 0.576. The lowest BCUT2D eigenvalue weighted by molar-refractivity contribution is -0.134. The summed E-state index contributed by atoms with van der Waals surface area (Å²) in [5.41, 5.74) is -0.238. The van der Waals surface area contributed by atoms with E-state index in [2.05, 4.69) is 6.92 Å². The van der Waals surface area contributed by atoms with Gasteiger partial charge >= 0.3 is 0 Å². The Balaban J connectivity index is 2.85. The molecule has 0 radical (unpaired) electrons. The van der Waals surface area contributed by atoms with Crippen LogP contribution < -0.4 is 0 Å². The first kappa shape index (κ1) is 10.5. The summed E-state index contributed by atoms with van der Waals surface area (Å²) in [6.45, 7) is 6.76. The second-order valence-corrected chi connectivity index (χ2v) is 4.45. The van der Waals surface area contributed by atoms with E-state index < -0.39 is 0 Å². The Morgan fingerprint density at radius 3 is 2.38 bits per heavy atom. The van der Waals surface area contributed by atoms with Crippen LogP contribution in [0, 0.1) is 11.3 Å². The van der Waals surface area contributed by atoms with Gasteiger partial charge in [0.15, 0.2) is 0 Å². The van der Waals surface area contributed by atoms with Gasteiger partial charge < -0.3 is 9.64 Å². The highest BCUT2D eigenvalue weighted by molar-refractivity contribution is 5.84. The van der Waals surface area contributed by atoms with Gasteiger partial charge in [0.2, 0.25) is 5.91 Å². The summed E-state index contributed by atoms with van der Waals surface area (Å²) in [4.78, 5) is 13.6. The Morgan fingerprint density at radius 2 is 2.08 bits per heavy atom. The first-order valence-electron chi connectivity index (χ1n) is 4.69. The zero-order chi connectivity index (χ0) is 10.2. The fraction of sp³-hybridized carbons (Fsp3) is 0.900. The molecule has 0 aromatic carbocycles. The van der Waals surface area contributed by atoms with Crippen molar-refractivity contribution in [2.75, 3.05) is 20.8 Å². The summed E-state index contributed by atoms with van der Waals surface area (Å²) >= 11 is 0. The molecule has 0 aromatic heterocycles. The number of nitrogens with zero attached hydrogens (tertiary/aromatic N) is 1. The summed E-state index contributed by atoms with van der Waals surface area (Å²) < 4.78 is 5.11. The minimum atomic E-state index is -0.238. The second kappa shape index (κ2) is 3.29. The fourth-order valence-corrected chi connectivity index (χ4v) is 2.04. The average molecular weight is 185 g/mol. The lowest BCUT2D eigenvalue weighted by Crippen LogP contribution is -2.34. The standard InChI is InChI=1S/C10H19NO2/c1-7-8(6-13-5)11(4)9(12)10(7,2)3/h7-8H,6H2,1-5H3. The monoisotopic (exact) mass is 185 g/mol. The summed E-state index contributed by atoms with van der Waals surface area (Å²) in [6, 6.07) is 0.229. The molecule has 1 amide bonds. The van der Waals surface area contributed by atoms with E-state index in [0.717, 1.165) is 0 Å². The summed E-state index contributed by atoms with van der Waals surface area (Å²) in [7, 11) is 3.54. The van der Waals surface area contributed by atoms with Gasteiger partial charge in [0.1, 0.15) is 0 Å². The van der Waals surface area contributed by atoms with Crippen molar-refractivity contribution in [1.29, 1.82) is 0 Å². The molecule has 13 heavy (non-hydrogen) atoms. The summed E-state index contributed by atoms with van der Waals surface area (Å²) in [5, 5.41) is 0. The minimum absolute atomic E-state index is 0.224. The molecule has 0 N–H and O–H groups in total. The molecule has 3 heteroatoms. The smallest absolute Gasteiger partial charge is 0.228 e. The number of hydrogen-bond donors (Lipinski definition) is 0. The topological polar surface area (TPSA) is 29.5 Å². The van der Waals surface area contributed by atoms with Crippen molar-refractivity contribution < 1.29 is 9.53 Å². The highest BCUT2D eigenvalue weighted by Gasteiger charge is 2.49. The quantitative estimate of drug-likeness (QED) is 0.645. The maximum Gasteiger partial charge on any atom is 0.228 e. The van der Waals surface area contributed by atoms with Gasteiger partial charge in [-0.3, -0.25) is 4.79 Å². The molecule has 1 aliphatic rings. The Bertz CT molecular complexity index is 213. The molecule has 0 aliphatic carbocycles. The normalized spacial score (nSPS) is 32.7. The first-order chi connectivity index (χ1) is 5.92. The zero-order valence-corrected chi connectivity index (χ0v) is 9.13. The number of methoxy groups -OCH3 is 1. The third kappa shape index (κ3) is 1.46. The van der Waals surface area contributed by atoms with Crippen molar-refractivity contribution in [3.63, 3.8) is 0 Å². The van der Waals surface area contributed by atoms with Crippen molar-refractivity contribution in [1.82, 2.24) is 4.90 Å². The fourth-order valence-electron chi connectivity index (χ4n) is 2.04. The van der Waals surface area contributed by atoms with Crippen molar-refractivity contribution in [2.45, 2.75) is 26.8 Å². The van der Waals surface area contributed by atoms with Crippen molar-refractivity contribution in [3.8, 4) is 0 Å². The second-order valence-electron chi connectivity index (χ2n) is 4.45. The number of rotatable bonds is 2. The molecule has 1 saturated heterocycles. The lowest BCUT2D eigenvalue weighted by atomic mass is 9.80. The number of carbonyl (C=O) groups is 1. The van der Waals surface area contributed by atoms with E-state index in [1.54, 1.807) is 7.11 Å². The predicted molar refractivity (Wildman–Crippen MR) is 51.4 cm³/mol. The van der Waals surface area contributed by atoms with Gasteiger partial charge in [0.25, 0.3) is 0 Å². The molecular formula is C10H19NO2. The van der Waals surface area contributed by atoms with E-state index in [0.29, 0.717) is 12.5 Å². The summed E-state index contributed by atoms with van der Waals surface area (Å²) in [6.07, 6.45) is 0. The lowest BCUT2D eigenvalue weighted by Gasteiger charge is -2.23. The molecule has 3 nitrogen and oxygen atoms in total. The zero-order valence-electron chi connectivity index (χ0n) is 9.13. The highest BCUT2D eigenvalue weighted by Crippen LogP contribution is 2.39. The Hall–Kier alpha value is -0.570. The average Bonchev–Trinajstić information content (AvgIpc) is 2.21. The predicted octanol–water partition coefficient (Wildman–Crippen LogP) is 1.14. The van der Waals surface area contributed by atoms with Gasteiger partial charge in [-0.15, -0.1) is 0 Å². The van der Waals surface area contributed by atoms with E-state index >= 15 is 0 Å². The van der Waals surface area contributed by atoms with Crippen LogP contribution in [-0.4, -0.2) is 37.6 Å². The molecule has 0 spiro atoms. The largest absolute Gasteiger partial charge is 0.383 e. The van der Waals surface area contributed by atoms with Crippen LogP contribution in [0.3, 0.4) is 0 Å². The van der Waals surface area contributed by atoms with E-state index in [-0.39, 0.29) is 17.4 Å². The number of amides is 1. The number of carbonyl (C=O) groups excluding carboxylic acids is 1. The van der Waals surface area contributed by atoms with Crippen LogP contribution in [0.15, 0.2) is 0 Å². The van der Waals surface area contributed by atoms with Crippen molar-refractivity contribution >= 4 is 5.91 Å². The van der Waals surface area contributed by atoms with E-state index in [4.69, 9.17) is 4.74 Å². The molecule has 1 aliphatic heterocycles. The van der Waals surface area contributed by atoms with Crippen LogP contribution in [0.25, 0.3) is 0 Å². The molecule has 0 bridgehead atoms. The Labute approximate surface area is 80.1 Å². The molecule has 2 atom stereocenters. The van der Waals surface area contributed by atoms with Crippen LogP contribution in [-0.2, 0) is 9.53 Å². The molecule has 76 valence electrons. The molecule has 1 fully saturated rings. The number of hydrogen-bond acceptors (Lipinski definition) is 2. The number of likely N-dealkylation sites (N-methyl/N-ethyl adjacent to an activating group) is 1. The van der Waals surface area contributed by atoms with Crippen molar-refractivity contribution in [3.05, 3.63) is 0 Å². The van der Waals surface area contributed by atoms with Crippen LogP contribution in [0.4, 0.5) is 0 Å². The van der Waals surface area contributed by atoms with Gasteiger partial charge in [-0.1, -0.05) is 20.8 Å². The third-order valence-electron chi connectivity index (χ3n) is 3.42. The molecule has 0 aromatic rings. The SMILES string of the molecule is COCC1C(C)C(C)(C)C(=O)N1C. The minimum Gasteiger partial charge on any atom is -0.383 e. The van der Waals surface area contributed by atoms with Crippen LogP contribution in [0.1, 0.15) is 20.8 Å². The number of ether oxygens (including phenoxy) is 1. The van der Waals surface area contributed by atoms with E-state index in [1.165, 1.54) is 0 Å². The molecule has 1 rings (SSSR count).